The van der Waals surface area contributed by atoms with Gasteiger partial charge in [-0.05, 0) is 0 Å². The van der Waals surface area contributed by atoms with Crippen LogP contribution in [-0.2, 0) is 4.79 Å². The van der Waals surface area contributed by atoms with Crippen LogP contribution in [0.2, 0.25) is 0 Å². The minimum absolute atomic E-state index is 0.0746. The molecule has 2 nitrogen and oxygen atoms in total. The average Bonchev–Trinajstić information content (AvgIpc) is 1.27. The zero-order valence-corrected chi connectivity index (χ0v) is 7.94. The molecule has 1 amide bonds. The zero-order valence-electron chi connectivity index (χ0n) is 4.36. The number of nitrogens with one attached hydrogen (secondary N) is 1. The Bertz CT molecular complexity index is 78.1. The van der Waals surface area contributed by atoms with Crippen LogP contribution in [0.3, 0.4) is 0 Å². The minimum atomic E-state index is -1.99. The van der Waals surface area contributed by atoms with Gasteiger partial charge in [0.1, 0.15) is 0 Å². The molecule has 4 heteroatoms. The van der Waals surface area contributed by atoms with Crippen LogP contribution in [0.1, 0.15) is 6.92 Å². The molecule has 0 aliphatic carbocycles. The Morgan fingerprint density at radius 2 is 2.83 bits per heavy atom. The quantitative estimate of drug-likeness (QED) is 0.512. The van der Waals surface area contributed by atoms with E-state index in [2.05, 4.69) is 4.02 Å². The van der Waals surface area contributed by atoms with Crippen molar-refractivity contribution in [1.82, 2.24) is 4.02 Å². The Hall–Kier alpha value is 0.836. The van der Waals surface area contributed by atoms with Crippen molar-refractivity contribution in [3.8, 4) is 0 Å². The van der Waals surface area contributed by atoms with Gasteiger partial charge in [-0.25, -0.2) is 0 Å². The maximum atomic E-state index is 10.1. The molecule has 0 fully saturated rings. The summed E-state index contributed by atoms with van der Waals surface area (Å²) in [6.07, 6.45) is 0. The van der Waals surface area contributed by atoms with E-state index in [1.165, 1.54) is 6.92 Å². The topological polar surface area (TPSA) is 29.1 Å². The Labute approximate surface area is 55.9 Å². The third kappa shape index (κ3) is 4.84. The van der Waals surface area contributed by atoms with E-state index in [0.29, 0.717) is 0 Å². The summed E-state index contributed by atoms with van der Waals surface area (Å²) in [4.78, 5) is 10.1. The second-order valence-electron chi connectivity index (χ2n) is 0.810. The van der Waals surface area contributed by atoms with Crippen LogP contribution in [0.25, 0.3) is 0 Å². The molecular formula is C2H5GaINO. The van der Waals surface area contributed by atoms with Crippen molar-refractivity contribution in [1.29, 1.82) is 0.816 Å². The van der Waals surface area contributed by atoms with Gasteiger partial charge in [0.25, 0.3) is 0 Å². The molecule has 0 aliphatic rings. The molecule has 0 aliphatic heterocycles. The zero-order chi connectivity index (χ0) is 5.86. The average molecular weight is 257 g/mol. The van der Waals surface area contributed by atoms with Crippen LogP contribution >= 0.6 is 19.7 Å². The molecule has 0 saturated carbocycles. The summed E-state index contributed by atoms with van der Waals surface area (Å²) in [6, 6.07) is 0. The van der Waals surface area contributed by atoms with Crippen molar-refractivity contribution in [2.24, 2.45) is 0 Å². The Kier molecular flexibility index (Phi) is 3.33. The SMILES string of the molecule is [2H][Ga]([I])[NH]C(C)=O. The van der Waals surface area contributed by atoms with E-state index in [0.717, 1.165) is 0 Å². The van der Waals surface area contributed by atoms with Gasteiger partial charge in [0.2, 0.25) is 0 Å². The van der Waals surface area contributed by atoms with Gasteiger partial charge in [-0.3, -0.25) is 0 Å². The summed E-state index contributed by atoms with van der Waals surface area (Å²) < 4.78 is 9.46. The summed E-state index contributed by atoms with van der Waals surface area (Å²) in [5.41, 5.74) is 0. The van der Waals surface area contributed by atoms with Crippen LogP contribution in [0.5, 0.6) is 0 Å². The first-order valence-electron chi connectivity index (χ1n) is 2.04. The van der Waals surface area contributed by atoms with Crippen LogP contribution in [0.4, 0.5) is 0 Å². The standard InChI is InChI=1S/C2H5NO.Ga.HI.H/c1-2(3)4;;;/h1H3,(H2,3,4);;1H;/q;+2;;/p-2/i;;;1+1. The molecular weight excluding hydrogens is 251 g/mol. The molecule has 0 heterocycles. The molecule has 0 aromatic heterocycles. The van der Waals surface area contributed by atoms with Crippen LogP contribution in [0, 0.1) is 0 Å². The molecule has 1 N–H and O–H groups in total. The van der Waals surface area contributed by atoms with Crippen molar-refractivity contribution in [2.45, 2.75) is 6.92 Å². The molecule has 34 valence electrons. The predicted molar refractivity (Wildman–Crippen MR) is 35.0 cm³/mol. The van der Waals surface area contributed by atoms with Gasteiger partial charge in [0.15, 0.2) is 0 Å². The second kappa shape index (κ2) is 4.01. The molecule has 6 heavy (non-hydrogen) atoms. The summed E-state index contributed by atoms with van der Waals surface area (Å²) in [6.45, 7) is 1.44. The number of hydrogen-bond acceptors (Lipinski definition) is 1. The number of carbonyl (C=O) groups is 1. The maximum absolute atomic E-state index is 10.1. The molecule has 0 aromatic carbocycles. The van der Waals surface area contributed by atoms with E-state index in [1.54, 1.807) is 0 Å². The van der Waals surface area contributed by atoms with Gasteiger partial charge in [0, 0.05) is 0 Å². The van der Waals surface area contributed by atoms with Gasteiger partial charge < -0.3 is 0 Å². The number of hydrogen-bond donors (Lipinski definition) is 1. The third-order valence-electron chi connectivity index (χ3n) is 0.258. The van der Waals surface area contributed by atoms with Gasteiger partial charge in [-0.15, -0.1) is 0 Å². The fraction of sp³-hybridized carbons (Fsp3) is 0.500. The fourth-order valence-corrected chi connectivity index (χ4v) is 2.68. The molecule has 0 saturated heterocycles. The molecule has 0 radical (unpaired) electrons. The monoisotopic (exact) mass is 256 g/mol. The fourth-order valence-electron chi connectivity index (χ4n) is 0.0768. The first kappa shape index (κ1) is 4.98. The number of rotatable bonds is 1. The first-order chi connectivity index (χ1) is 3.13. The van der Waals surface area contributed by atoms with Crippen molar-refractivity contribution < 1.29 is 4.79 Å². The third-order valence-corrected chi connectivity index (χ3v) is 2.96. The van der Waals surface area contributed by atoms with E-state index in [9.17, 15) is 4.79 Å². The Balaban J connectivity index is 3.13. The van der Waals surface area contributed by atoms with Gasteiger partial charge in [0.05, 0.1) is 0 Å². The second-order valence-corrected chi connectivity index (χ2v) is 5.11. The number of carbonyl (C=O) groups excluding carboxylic acids is 1. The van der Waals surface area contributed by atoms with E-state index in [1.807, 2.05) is 19.7 Å². The van der Waals surface area contributed by atoms with Crippen LogP contribution in [0.15, 0.2) is 0 Å². The molecule has 0 bridgehead atoms. The first-order valence-corrected chi connectivity index (χ1v) is 10.1. The molecule has 0 unspecified atom stereocenters. The molecule has 0 atom stereocenters. The molecule has 0 aromatic rings. The van der Waals surface area contributed by atoms with Gasteiger partial charge >= 0.3 is 56.1 Å². The van der Waals surface area contributed by atoms with Crippen LogP contribution < -0.4 is 4.02 Å². The van der Waals surface area contributed by atoms with Crippen molar-refractivity contribution in [2.75, 3.05) is 0 Å². The normalized spacial score (nSPS) is 9.33. The van der Waals surface area contributed by atoms with Crippen molar-refractivity contribution in [3.63, 3.8) is 0 Å². The van der Waals surface area contributed by atoms with Crippen molar-refractivity contribution in [3.05, 3.63) is 0 Å². The molecule has 0 rings (SSSR count). The van der Waals surface area contributed by atoms with Crippen LogP contribution in [-0.4, -0.2) is 20.7 Å². The van der Waals surface area contributed by atoms with Gasteiger partial charge in [-0.2, -0.15) is 0 Å². The van der Waals surface area contributed by atoms with E-state index >= 15 is 0 Å². The van der Waals surface area contributed by atoms with E-state index in [-0.39, 0.29) is 5.91 Å². The van der Waals surface area contributed by atoms with E-state index in [4.69, 9.17) is 0.816 Å². The summed E-state index contributed by atoms with van der Waals surface area (Å²) in [7, 11) is 0. The van der Waals surface area contributed by atoms with Gasteiger partial charge in [-0.1, -0.05) is 0 Å². The molecule has 0 spiro atoms. The van der Waals surface area contributed by atoms with E-state index < -0.39 is 13.9 Å². The summed E-state index contributed by atoms with van der Waals surface area (Å²) in [5, 5.41) is 0. The summed E-state index contributed by atoms with van der Waals surface area (Å²) in [5.74, 6) is -0.0746. The number of amides is 1. The number of halogens is 1. The summed E-state index contributed by atoms with van der Waals surface area (Å²) >= 11 is -0.0142. The Morgan fingerprint density at radius 3 is 2.83 bits per heavy atom. The predicted octanol–water partition coefficient (Wildman–Crippen LogP) is -0.176. The van der Waals surface area contributed by atoms with Crippen molar-refractivity contribution >= 4 is 39.5 Å². The Morgan fingerprint density at radius 1 is 2.33 bits per heavy atom.